The Hall–Kier alpha value is -2.11. The number of morpholine rings is 1. The van der Waals surface area contributed by atoms with Gasteiger partial charge in [0.1, 0.15) is 0 Å². The summed E-state index contributed by atoms with van der Waals surface area (Å²) >= 11 is 0. The second kappa shape index (κ2) is 6.42. The molecule has 1 aromatic carbocycles. The summed E-state index contributed by atoms with van der Waals surface area (Å²) < 4.78 is 7.71. The highest BCUT2D eigenvalue weighted by atomic mass is 16.5. The Kier molecular flexibility index (Phi) is 4.12. The van der Waals surface area contributed by atoms with Gasteiger partial charge in [0, 0.05) is 54.9 Å². The van der Waals surface area contributed by atoms with Crippen LogP contribution in [0.3, 0.4) is 0 Å². The maximum absolute atomic E-state index is 11.9. The third kappa shape index (κ3) is 2.74. The van der Waals surface area contributed by atoms with Crippen molar-refractivity contribution < 1.29 is 4.74 Å². The summed E-state index contributed by atoms with van der Waals surface area (Å²) in [5.74, 6) is 0. The molecule has 5 heteroatoms. The Balaban J connectivity index is 1.69. The predicted octanol–water partition coefficient (Wildman–Crippen LogP) is 2.51. The standard InChI is InChI=1S/C19H23N3O2/c1-14-19-17(5-6-20-14)16-4-3-15(23)13-18(16)22(19)8-2-7-21-9-11-24-12-10-21/h3-6,13,20H,2,7-12H2,1H3. The van der Waals surface area contributed by atoms with Crippen LogP contribution >= 0.6 is 0 Å². The predicted molar refractivity (Wildman–Crippen MR) is 96.7 cm³/mol. The molecule has 0 radical (unpaired) electrons. The monoisotopic (exact) mass is 325 g/mol. The molecule has 5 nitrogen and oxygen atoms in total. The lowest BCUT2D eigenvalue weighted by Gasteiger charge is -2.26. The van der Waals surface area contributed by atoms with Crippen molar-refractivity contribution in [2.45, 2.75) is 19.9 Å². The average molecular weight is 325 g/mol. The number of rotatable bonds is 4. The third-order valence-electron chi connectivity index (χ3n) is 4.94. The molecule has 126 valence electrons. The summed E-state index contributed by atoms with van der Waals surface area (Å²) in [4.78, 5) is 17.6. The highest BCUT2D eigenvalue weighted by Gasteiger charge is 2.14. The van der Waals surface area contributed by atoms with Crippen molar-refractivity contribution in [1.29, 1.82) is 0 Å². The van der Waals surface area contributed by atoms with Gasteiger partial charge in [-0.1, -0.05) is 0 Å². The van der Waals surface area contributed by atoms with Gasteiger partial charge in [0.15, 0.2) is 5.43 Å². The number of fused-ring (bicyclic) bond motifs is 3. The molecule has 0 saturated carbocycles. The zero-order chi connectivity index (χ0) is 16.5. The first-order chi connectivity index (χ1) is 11.7. The van der Waals surface area contributed by atoms with Crippen LogP contribution in [0.4, 0.5) is 0 Å². The van der Waals surface area contributed by atoms with Crippen LogP contribution in [0.2, 0.25) is 0 Å². The summed E-state index contributed by atoms with van der Waals surface area (Å²) in [6, 6.07) is 7.49. The number of ether oxygens (including phenoxy) is 1. The van der Waals surface area contributed by atoms with Gasteiger partial charge < -0.3 is 14.3 Å². The normalized spacial score (nSPS) is 16.2. The fraction of sp³-hybridized carbons (Fsp3) is 0.421. The molecule has 1 N–H and O–H groups in total. The fourth-order valence-corrected chi connectivity index (χ4v) is 3.76. The van der Waals surface area contributed by atoms with E-state index in [1.165, 1.54) is 10.9 Å². The molecule has 3 aromatic rings. The summed E-state index contributed by atoms with van der Waals surface area (Å²) in [5, 5.41) is 2.38. The molecular formula is C19H23N3O2. The lowest BCUT2D eigenvalue weighted by Crippen LogP contribution is -2.37. The molecule has 1 saturated heterocycles. The maximum Gasteiger partial charge on any atom is 0.180 e. The Bertz CT molecular complexity index is 919. The van der Waals surface area contributed by atoms with E-state index in [0.29, 0.717) is 0 Å². The summed E-state index contributed by atoms with van der Waals surface area (Å²) in [6.45, 7) is 7.79. The molecule has 0 unspecified atom stereocenters. The molecule has 0 amide bonds. The van der Waals surface area contributed by atoms with Crippen molar-refractivity contribution in [3.05, 3.63) is 46.4 Å². The quantitative estimate of drug-likeness (QED) is 0.802. The van der Waals surface area contributed by atoms with Crippen LogP contribution in [0.25, 0.3) is 21.8 Å². The van der Waals surface area contributed by atoms with Gasteiger partial charge in [-0.3, -0.25) is 9.69 Å². The number of aromatic amines is 1. The lowest BCUT2D eigenvalue weighted by molar-refractivity contribution is 0.0370. The van der Waals surface area contributed by atoms with E-state index in [-0.39, 0.29) is 5.43 Å². The van der Waals surface area contributed by atoms with Crippen LogP contribution in [0.1, 0.15) is 12.1 Å². The van der Waals surface area contributed by atoms with Crippen molar-refractivity contribution in [2.75, 3.05) is 32.8 Å². The number of benzene rings is 1. The first-order valence-electron chi connectivity index (χ1n) is 8.64. The van der Waals surface area contributed by atoms with Crippen LogP contribution in [-0.2, 0) is 11.3 Å². The zero-order valence-electron chi connectivity index (χ0n) is 14.0. The molecule has 0 bridgehead atoms. The van der Waals surface area contributed by atoms with Crippen molar-refractivity contribution in [3.63, 3.8) is 0 Å². The molecule has 4 rings (SSSR count). The molecule has 24 heavy (non-hydrogen) atoms. The maximum atomic E-state index is 11.9. The number of nitrogens with one attached hydrogen (secondary N) is 1. The average Bonchev–Trinajstić information content (AvgIpc) is 2.90. The highest BCUT2D eigenvalue weighted by molar-refractivity contribution is 6.08. The molecule has 2 aromatic heterocycles. The second-order valence-corrected chi connectivity index (χ2v) is 6.50. The van der Waals surface area contributed by atoms with E-state index < -0.39 is 0 Å². The van der Waals surface area contributed by atoms with Gasteiger partial charge in [-0.05, 0) is 31.5 Å². The highest BCUT2D eigenvalue weighted by Crippen LogP contribution is 2.29. The van der Waals surface area contributed by atoms with Gasteiger partial charge in [0.05, 0.1) is 24.2 Å². The number of hydrogen-bond donors (Lipinski definition) is 1. The van der Waals surface area contributed by atoms with Crippen LogP contribution in [-0.4, -0.2) is 47.3 Å². The SMILES string of the molecule is Cc1[nH]ccc2c3ccc(=O)cc3n(CCCN3CCOCC3)c12. The zero-order valence-corrected chi connectivity index (χ0v) is 14.0. The lowest BCUT2D eigenvalue weighted by atomic mass is 10.2. The van der Waals surface area contributed by atoms with Crippen LogP contribution < -0.4 is 5.43 Å². The van der Waals surface area contributed by atoms with Gasteiger partial charge in [0.2, 0.25) is 0 Å². The molecule has 0 aliphatic carbocycles. The second-order valence-electron chi connectivity index (χ2n) is 6.50. The molecule has 0 atom stereocenters. The van der Waals surface area contributed by atoms with E-state index in [4.69, 9.17) is 4.74 Å². The largest absolute Gasteiger partial charge is 0.379 e. The summed E-state index contributed by atoms with van der Waals surface area (Å²) in [6.07, 6.45) is 3.04. The van der Waals surface area contributed by atoms with Gasteiger partial charge in [0.25, 0.3) is 0 Å². The molecule has 1 aliphatic rings. The fourth-order valence-electron chi connectivity index (χ4n) is 3.76. The van der Waals surface area contributed by atoms with E-state index >= 15 is 0 Å². The number of aromatic nitrogens is 2. The molecule has 1 fully saturated rings. The summed E-state index contributed by atoms with van der Waals surface area (Å²) in [5.41, 5.74) is 3.46. The van der Waals surface area contributed by atoms with Gasteiger partial charge in [-0.2, -0.15) is 0 Å². The number of aryl methyl sites for hydroxylation is 2. The van der Waals surface area contributed by atoms with E-state index in [2.05, 4.69) is 27.4 Å². The minimum atomic E-state index is 0.0707. The van der Waals surface area contributed by atoms with Gasteiger partial charge in [-0.25, -0.2) is 0 Å². The smallest absolute Gasteiger partial charge is 0.180 e. The van der Waals surface area contributed by atoms with Crippen molar-refractivity contribution >= 4 is 21.8 Å². The Morgan fingerprint density at radius 1 is 1.12 bits per heavy atom. The van der Waals surface area contributed by atoms with Gasteiger partial charge in [-0.15, -0.1) is 0 Å². The van der Waals surface area contributed by atoms with E-state index in [0.717, 1.165) is 62.4 Å². The van der Waals surface area contributed by atoms with E-state index in [9.17, 15) is 4.79 Å². The minimum Gasteiger partial charge on any atom is -0.379 e. The third-order valence-corrected chi connectivity index (χ3v) is 4.94. The summed E-state index contributed by atoms with van der Waals surface area (Å²) in [7, 11) is 0. The first-order valence-corrected chi connectivity index (χ1v) is 8.64. The molecule has 1 aliphatic heterocycles. The Morgan fingerprint density at radius 3 is 2.79 bits per heavy atom. The number of nitrogens with zero attached hydrogens (tertiary/aromatic N) is 2. The van der Waals surface area contributed by atoms with Crippen LogP contribution in [0.15, 0.2) is 35.3 Å². The molecule has 3 heterocycles. The first kappa shape index (κ1) is 15.4. The Morgan fingerprint density at radius 2 is 1.96 bits per heavy atom. The van der Waals surface area contributed by atoms with Gasteiger partial charge >= 0.3 is 0 Å². The van der Waals surface area contributed by atoms with Crippen LogP contribution in [0.5, 0.6) is 0 Å². The Labute approximate surface area is 140 Å². The van der Waals surface area contributed by atoms with Crippen molar-refractivity contribution in [1.82, 2.24) is 14.5 Å². The molecule has 0 spiro atoms. The van der Waals surface area contributed by atoms with E-state index in [1.54, 1.807) is 12.1 Å². The van der Waals surface area contributed by atoms with Crippen molar-refractivity contribution in [2.24, 2.45) is 0 Å². The minimum absolute atomic E-state index is 0.0707. The van der Waals surface area contributed by atoms with Crippen LogP contribution in [0, 0.1) is 6.92 Å². The molecular weight excluding hydrogens is 302 g/mol. The topological polar surface area (TPSA) is 50.3 Å². The van der Waals surface area contributed by atoms with E-state index in [1.807, 2.05) is 12.3 Å². The number of pyridine rings is 1. The number of H-pyrrole nitrogens is 1. The van der Waals surface area contributed by atoms with Crippen molar-refractivity contribution in [3.8, 4) is 0 Å². The number of hydrogen-bond acceptors (Lipinski definition) is 3.